The fraction of sp³-hybridized carbons (Fsp3) is 1.00. The van der Waals surface area contributed by atoms with Gasteiger partial charge in [-0.25, -0.2) is 0 Å². The molecular weight excluding hydrogens is 232 g/mol. The molecule has 108 valence electrons. The third-order valence-electron chi connectivity index (χ3n) is 2.74. The van der Waals surface area contributed by atoms with Crippen molar-refractivity contribution in [3.63, 3.8) is 0 Å². The van der Waals surface area contributed by atoms with E-state index in [2.05, 4.69) is 0 Å². The molecule has 0 aliphatic carbocycles. The normalized spacial score (nSPS) is 34.0. The zero-order valence-corrected chi connectivity index (χ0v) is 12.7. The van der Waals surface area contributed by atoms with Crippen LogP contribution in [-0.2, 0) is 14.2 Å². The van der Waals surface area contributed by atoms with Crippen LogP contribution in [0.2, 0.25) is 0 Å². The molecular formula is C14H28O4. The molecule has 18 heavy (non-hydrogen) atoms. The first-order chi connectivity index (χ1) is 7.99. The second-order valence-corrected chi connectivity index (χ2v) is 6.99. The highest BCUT2D eigenvalue weighted by Crippen LogP contribution is 2.28. The Hall–Kier alpha value is -0.160. The molecule has 4 heteroatoms. The molecule has 1 aliphatic heterocycles. The third kappa shape index (κ3) is 4.84. The first kappa shape index (κ1) is 15.9. The number of aliphatic hydroxyl groups is 1. The Morgan fingerprint density at radius 1 is 1.06 bits per heavy atom. The van der Waals surface area contributed by atoms with Crippen LogP contribution >= 0.6 is 0 Å². The van der Waals surface area contributed by atoms with Crippen LogP contribution in [0.5, 0.6) is 0 Å². The van der Waals surface area contributed by atoms with Gasteiger partial charge in [-0.15, -0.1) is 0 Å². The van der Waals surface area contributed by atoms with E-state index < -0.39 is 6.10 Å². The molecule has 1 unspecified atom stereocenters. The van der Waals surface area contributed by atoms with Crippen molar-refractivity contribution in [1.82, 2.24) is 0 Å². The fourth-order valence-electron chi connectivity index (χ4n) is 1.94. The van der Waals surface area contributed by atoms with Crippen molar-refractivity contribution < 1.29 is 19.3 Å². The molecule has 0 aromatic rings. The lowest BCUT2D eigenvalue weighted by atomic mass is 10.1. The van der Waals surface area contributed by atoms with Crippen LogP contribution < -0.4 is 0 Å². The average Bonchev–Trinajstić information content (AvgIpc) is 2.39. The second-order valence-electron chi connectivity index (χ2n) is 6.99. The lowest BCUT2D eigenvalue weighted by Gasteiger charge is -2.30. The first-order valence-electron chi connectivity index (χ1n) is 6.65. The molecule has 0 spiro atoms. The van der Waals surface area contributed by atoms with E-state index in [0.717, 1.165) is 0 Å². The molecule has 1 N–H and O–H groups in total. The smallest absolute Gasteiger partial charge is 0.115 e. The molecule has 1 aliphatic rings. The van der Waals surface area contributed by atoms with E-state index in [4.69, 9.17) is 14.2 Å². The van der Waals surface area contributed by atoms with E-state index in [1.165, 1.54) is 0 Å². The maximum atomic E-state index is 10.1. The summed E-state index contributed by atoms with van der Waals surface area (Å²) in [5, 5.41) is 10.1. The summed E-state index contributed by atoms with van der Waals surface area (Å²) in [6, 6.07) is 0. The molecule has 1 saturated heterocycles. The van der Waals surface area contributed by atoms with E-state index in [9.17, 15) is 5.11 Å². The lowest BCUT2D eigenvalue weighted by Crippen LogP contribution is -2.42. The van der Waals surface area contributed by atoms with Gasteiger partial charge in [0.05, 0.1) is 23.9 Å². The predicted molar refractivity (Wildman–Crippen MR) is 70.7 cm³/mol. The molecule has 0 aromatic heterocycles. The van der Waals surface area contributed by atoms with Gasteiger partial charge >= 0.3 is 0 Å². The van der Waals surface area contributed by atoms with E-state index in [-0.39, 0.29) is 29.5 Å². The van der Waals surface area contributed by atoms with Gasteiger partial charge in [0.15, 0.2) is 0 Å². The molecule has 1 rings (SSSR count). The summed E-state index contributed by atoms with van der Waals surface area (Å²) < 4.78 is 17.4. The largest absolute Gasteiger partial charge is 0.388 e. The van der Waals surface area contributed by atoms with Crippen molar-refractivity contribution in [1.29, 1.82) is 0 Å². The van der Waals surface area contributed by atoms with Crippen molar-refractivity contribution in [2.24, 2.45) is 0 Å². The average molecular weight is 260 g/mol. The van der Waals surface area contributed by atoms with Crippen LogP contribution in [0.15, 0.2) is 0 Å². The van der Waals surface area contributed by atoms with E-state index >= 15 is 0 Å². The molecule has 1 fully saturated rings. The standard InChI is InChI=1S/C14H28O4/c1-9-11(15)12(18-14(5,6)7)10(17-9)8-16-13(2,3)4/h9-12,15H,8H2,1-7H3/t9-,10+,11?,12-/m0/s1. The molecule has 0 radical (unpaired) electrons. The summed E-state index contributed by atoms with van der Waals surface area (Å²) in [5.74, 6) is 0. The summed E-state index contributed by atoms with van der Waals surface area (Å²) in [6.45, 7) is 14.2. The summed E-state index contributed by atoms with van der Waals surface area (Å²) in [6.07, 6.45) is -1.36. The Morgan fingerprint density at radius 3 is 2.06 bits per heavy atom. The van der Waals surface area contributed by atoms with Gasteiger partial charge in [-0.1, -0.05) is 0 Å². The third-order valence-corrected chi connectivity index (χ3v) is 2.74. The summed E-state index contributed by atoms with van der Waals surface area (Å²) in [5.41, 5.74) is -0.522. The lowest BCUT2D eigenvalue weighted by molar-refractivity contribution is -0.137. The van der Waals surface area contributed by atoms with Gasteiger partial charge in [0, 0.05) is 0 Å². The quantitative estimate of drug-likeness (QED) is 0.844. The van der Waals surface area contributed by atoms with Gasteiger partial charge in [-0.3, -0.25) is 0 Å². The monoisotopic (exact) mass is 260 g/mol. The van der Waals surface area contributed by atoms with Gasteiger partial charge in [0.1, 0.15) is 18.3 Å². The van der Waals surface area contributed by atoms with Crippen LogP contribution in [0.3, 0.4) is 0 Å². The van der Waals surface area contributed by atoms with Crippen molar-refractivity contribution in [3.05, 3.63) is 0 Å². The van der Waals surface area contributed by atoms with Crippen molar-refractivity contribution in [2.75, 3.05) is 6.61 Å². The zero-order chi connectivity index (χ0) is 14.1. The second kappa shape index (κ2) is 5.45. The molecule has 4 atom stereocenters. The van der Waals surface area contributed by atoms with Gasteiger partial charge in [-0.2, -0.15) is 0 Å². The minimum atomic E-state index is -0.599. The summed E-state index contributed by atoms with van der Waals surface area (Å²) in [7, 11) is 0. The Kier molecular flexibility index (Phi) is 4.81. The number of hydrogen-bond donors (Lipinski definition) is 1. The van der Waals surface area contributed by atoms with Gasteiger partial charge in [-0.05, 0) is 48.5 Å². The Labute approximate surface area is 111 Å². The first-order valence-corrected chi connectivity index (χ1v) is 6.65. The van der Waals surface area contributed by atoms with Crippen LogP contribution in [-0.4, -0.2) is 47.3 Å². The molecule has 4 nitrogen and oxygen atoms in total. The molecule has 0 aromatic carbocycles. The summed E-state index contributed by atoms with van der Waals surface area (Å²) in [4.78, 5) is 0. The highest BCUT2D eigenvalue weighted by molar-refractivity contribution is 4.91. The summed E-state index contributed by atoms with van der Waals surface area (Å²) >= 11 is 0. The Morgan fingerprint density at radius 2 is 1.61 bits per heavy atom. The minimum Gasteiger partial charge on any atom is -0.388 e. The fourth-order valence-corrected chi connectivity index (χ4v) is 1.94. The molecule has 0 bridgehead atoms. The van der Waals surface area contributed by atoms with Crippen LogP contribution in [0.25, 0.3) is 0 Å². The van der Waals surface area contributed by atoms with Crippen LogP contribution in [0.1, 0.15) is 48.5 Å². The Bertz CT molecular complexity index is 264. The van der Waals surface area contributed by atoms with E-state index in [1.54, 1.807) is 0 Å². The highest BCUT2D eigenvalue weighted by Gasteiger charge is 2.44. The molecule has 0 amide bonds. The number of rotatable bonds is 3. The maximum Gasteiger partial charge on any atom is 0.115 e. The van der Waals surface area contributed by atoms with Gasteiger partial charge < -0.3 is 19.3 Å². The molecule has 1 heterocycles. The number of aliphatic hydroxyl groups excluding tert-OH is 1. The van der Waals surface area contributed by atoms with Gasteiger partial charge in [0.2, 0.25) is 0 Å². The van der Waals surface area contributed by atoms with Crippen LogP contribution in [0, 0.1) is 0 Å². The Balaban J connectivity index is 2.64. The predicted octanol–water partition coefficient (Wildman–Crippen LogP) is 2.13. The zero-order valence-electron chi connectivity index (χ0n) is 12.7. The van der Waals surface area contributed by atoms with E-state index in [0.29, 0.717) is 6.61 Å². The van der Waals surface area contributed by atoms with E-state index in [1.807, 2.05) is 48.5 Å². The number of ether oxygens (including phenoxy) is 3. The van der Waals surface area contributed by atoms with Gasteiger partial charge in [0.25, 0.3) is 0 Å². The highest BCUT2D eigenvalue weighted by atomic mass is 16.6. The number of hydrogen-bond acceptors (Lipinski definition) is 4. The topological polar surface area (TPSA) is 47.9 Å². The molecule has 0 saturated carbocycles. The minimum absolute atomic E-state index is 0.214. The van der Waals surface area contributed by atoms with Crippen molar-refractivity contribution in [3.8, 4) is 0 Å². The SMILES string of the molecule is C[C@@H]1O[C@H](COC(C)(C)C)[C@H](OC(C)(C)C)C1O. The van der Waals surface area contributed by atoms with Crippen molar-refractivity contribution >= 4 is 0 Å². The maximum absolute atomic E-state index is 10.1. The van der Waals surface area contributed by atoms with Crippen LogP contribution in [0.4, 0.5) is 0 Å². The van der Waals surface area contributed by atoms with Crippen molar-refractivity contribution in [2.45, 2.75) is 84.1 Å².